The summed E-state index contributed by atoms with van der Waals surface area (Å²) >= 11 is 8.87. The molecule has 35 heavy (non-hydrogen) atoms. The van der Waals surface area contributed by atoms with Crippen molar-refractivity contribution in [2.24, 2.45) is 0 Å². The van der Waals surface area contributed by atoms with Crippen molar-refractivity contribution in [1.82, 2.24) is 0 Å². The maximum Gasteiger partial charge on any atom is 0.416 e. The van der Waals surface area contributed by atoms with Crippen molar-refractivity contribution in [2.75, 3.05) is 10.6 Å². The van der Waals surface area contributed by atoms with E-state index in [-0.39, 0.29) is 11.2 Å². The van der Waals surface area contributed by atoms with Crippen molar-refractivity contribution in [3.05, 3.63) is 92.5 Å². The predicted octanol–water partition coefficient (Wildman–Crippen LogP) is 8.18. The molecule has 184 valence electrons. The van der Waals surface area contributed by atoms with E-state index in [1.54, 1.807) is 0 Å². The summed E-state index contributed by atoms with van der Waals surface area (Å²) in [6.45, 7) is 0. The van der Waals surface area contributed by atoms with Crippen LogP contribution in [0.2, 0.25) is 0 Å². The maximum absolute atomic E-state index is 13.2. The summed E-state index contributed by atoms with van der Waals surface area (Å²) in [5.41, 5.74) is 1.70. The van der Waals surface area contributed by atoms with Gasteiger partial charge in [0.15, 0.2) is 5.11 Å². The van der Waals surface area contributed by atoms with Crippen molar-refractivity contribution >= 4 is 44.6 Å². The first-order valence-electron chi connectivity index (χ1n) is 10.6. The highest BCUT2D eigenvalue weighted by Crippen LogP contribution is 2.37. The molecule has 0 radical (unpaired) electrons. The molecule has 3 aromatic carbocycles. The van der Waals surface area contributed by atoms with E-state index in [1.807, 2.05) is 18.2 Å². The van der Waals surface area contributed by atoms with E-state index in [0.717, 1.165) is 40.4 Å². The van der Waals surface area contributed by atoms with Crippen molar-refractivity contribution in [2.45, 2.75) is 38.0 Å². The Kier molecular flexibility index (Phi) is 7.15. The summed E-state index contributed by atoms with van der Waals surface area (Å²) in [4.78, 5) is 0. The average Bonchev–Trinajstić information content (AvgIpc) is 2.75. The van der Waals surface area contributed by atoms with Gasteiger partial charge in [-0.3, -0.25) is 0 Å². The van der Waals surface area contributed by atoms with Gasteiger partial charge in [-0.15, -0.1) is 0 Å². The van der Waals surface area contributed by atoms with Crippen LogP contribution in [0.1, 0.15) is 33.4 Å². The van der Waals surface area contributed by atoms with Crippen molar-refractivity contribution in [3.63, 3.8) is 0 Å². The van der Waals surface area contributed by atoms with Crippen molar-refractivity contribution in [3.8, 4) is 0 Å². The fraction of sp³-hybridized carbons (Fsp3) is 0.240. The largest absolute Gasteiger partial charge is 0.416 e. The molecule has 4 bridgehead atoms. The molecule has 0 aromatic heterocycles. The lowest BCUT2D eigenvalue weighted by Crippen LogP contribution is -2.21. The van der Waals surface area contributed by atoms with E-state index in [0.29, 0.717) is 24.2 Å². The third kappa shape index (κ3) is 6.35. The Morgan fingerprint density at radius 2 is 1.23 bits per heavy atom. The van der Waals surface area contributed by atoms with E-state index < -0.39 is 29.2 Å². The van der Waals surface area contributed by atoms with Crippen LogP contribution in [0, 0.1) is 0 Å². The number of hydrogen-bond acceptors (Lipinski definition) is 1. The summed E-state index contributed by atoms with van der Waals surface area (Å²) in [7, 11) is 0. The van der Waals surface area contributed by atoms with Gasteiger partial charge in [0.1, 0.15) is 0 Å². The molecule has 10 heteroatoms. The number of rotatable bonds is 2. The smallest absolute Gasteiger partial charge is 0.332 e. The van der Waals surface area contributed by atoms with E-state index in [9.17, 15) is 26.3 Å². The standard InChI is InChI=1S/C25H19BrF6N2S/c26-21-9-14-1-2-15-4-6-17(8-7-16(21)5-3-14)22(10-15)34-23(35)33-20-12-18(24(27,28)29)11-19(13-20)25(30,31)32/h3-6,9-13H,1-2,7-8H2,(H2,33,34,35). The molecule has 3 aromatic rings. The number of benzene rings is 3. The third-order valence-corrected chi connectivity index (χ3v) is 6.69. The summed E-state index contributed by atoms with van der Waals surface area (Å²) in [5, 5.41) is 5.36. The van der Waals surface area contributed by atoms with E-state index in [4.69, 9.17) is 12.2 Å². The number of thiocarbonyl (C=S) groups is 1. The Hall–Kier alpha value is -2.59. The molecule has 0 fully saturated rings. The predicted molar refractivity (Wildman–Crippen MR) is 132 cm³/mol. The molecule has 4 aliphatic carbocycles. The number of hydrogen-bond donors (Lipinski definition) is 2. The minimum absolute atomic E-state index is 0.0810. The molecule has 0 atom stereocenters. The monoisotopic (exact) mass is 572 g/mol. The molecule has 0 aliphatic heterocycles. The quantitative estimate of drug-likeness (QED) is 0.239. The van der Waals surface area contributed by atoms with E-state index >= 15 is 0 Å². The van der Waals surface area contributed by atoms with Crippen LogP contribution in [0.5, 0.6) is 0 Å². The number of alkyl halides is 6. The number of anilines is 2. The normalized spacial score (nSPS) is 13.8. The van der Waals surface area contributed by atoms with Crippen LogP contribution in [0.15, 0.2) is 59.1 Å². The van der Waals surface area contributed by atoms with Gasteiger partial charge in [-0.1, -0.05) is 40.2 Å². The maximum atomic E-state index is 13.2. The fourth-order valence-electron chi connectivity index (χ4n) is 3.93. The van der Waals surface area contributed by atoms with Crippen LogP contribution in [0.3, 0.4) is 0 Å². The molecule has 0 amide bonds. The Bertz CT molecular complexity index is 1240. The lowest BCUT2D eigenvalue weighted by molar-refractivity contribution is -0.143. The summed E-state index contributed by atoms with van der Waals surface area (Å²) < 4.78 is 80.1. The van der Waals surface area contributed by atoms with Crippen LogP contribution in [0.25, 0.3) is 0 Å². The number of aryl methyl sites for hydroxylation is 4. The first kappa shape index (κ1) is 25.5. The molecular formula is C25H19BrF6N2S. The van der Waals surface area contributed by atoms with Gasteiger partial charge < -0.3 is 10.6 Å². The van der Waals surface area contributed by atoms with Crippen LogP contribution < -0.4 is 10.6 Å². The number of nitrogens with one attached hydrogen (secondary N) is 2. The Balaban J connectivity index is 1.59. The molecule has 7 rings (SSSR count). The first-order chi connectivity index (χ1) is 16.4. The highest BCUT2D eigenvalue weighted by Gasteiger charge is 2.37. The molecule has 0 heterocycles. The Morgan fingerprint density at radius 3 is 1.80 bits per heavy atom. The molecule has 4 aliphatic rings. The highest BCUT2D eigenvalue weighted by molar-refractivity contribution is 9.10. The van der Waals surface area contributed by atoms with Crippen LogP contribution in [-0.2, 0) is 38.0 Å². The van der Waals surface area contributed by atoms with Crippen LogP contribution >= 0.6 is 28.1 Å². The minimum Gasteiger partial charge on any atom is -0.332 e. The van der Waals surface area contributed by atoms with Gasteiger partial charge in [0, 0.05) is 15.8 Å². The second-order valence-corrected chi connectivity index (χ2v) is 9.55. The summed E-state index contributed by atoms with van der Waals surface area (Å²) in [6.07, 6.45) is -6.92. The fourth-order valence-corrected chi connectivity index (χ4v) is 4.78. The van der Waals surface area contributed by atoms with Gasteiger partial charge >= 0.3 is 12.4 Å². The molecule has 2 nitrogen and oxygen atoms in total. The SMILES string of the molecule is FC(F)(F)c1cc(NC(=S)Nc2cc3ccc2CCc2ccc(cc2Br)CC3)cc(C(F)(F)F)c1. The van der Waals surface area contributed by atoms with Crippen molar-refractivity contribution < 1.29 is 26.3 Å². The average molecular weight is 573 g/mol. The lowest BCUT2D eigenvalue weighted by Gasteiger charge is -2.19. The summed E-state index contributed by atoms with van der Waals surface area (Å²) in [6, 6.07) is 13.5. The van der Waals surface area contributed by atoms with E-state index in [1.165, 1.54) is 5.56 Å². The van der Waals surface area contributed by atoms with Gasteiger partial charge in [-0.25, -0.2) is 0 Å². The second-order valence-electron chi connectivity index (χ2n) is 8.29. The summed E-state index contributed by atoms with van der Waals surface area (Å²) in [5.74, 6) is 0. The van der Waals surface area contributed by atoms with Crippen LogP contribution in [0.4, 0.5) is 37.7 Å². The molecule has 0 unspecified atom stereocenters. The van der Waals surface area contributed by atoms with Crippen LogP contribution in [-0.4, -0.2) is 5.11 Å². The van der Waals surface area contributed by atoms with Gasteiger partial charge in [-0.05, 0) is 90.5 Å². The van der Waals surface area contributed by atoms with Crippen molar-refractivity contribution in [1.29, 1.82) is 0 Å². The molecular weight excluding hydrogens is 554 g/mol. The van der Waals surface area contributed by atoms with Gasteiger partial charge in [0.2, 0.25) is 0 Å². The molecule has 2 N–H and O–H groups in total. The van der Waals surface area contributed by atoms with Gasteiger partial charge in [-0.2, -0.15) is 26.3 Å². The Morgan fingerprint density at radius 1 is 0.686 bits per heavy atom. The second kappa shape index (κ2) is 9.81. The lowest BCUT2D eigenvalue weighted by atomic mass is 9.95. The zero-order valence-electron chi connectivity index (χ0n) is 18.1. The highest BCUT2D eigenvalue weighted by atomic mass is 79.9. The van der Waals surface area contributed by atoms with E-state index in [2.05, 4.69) is 44.8 Å². The first-order valence-corrected chi connectivity index (χ1v) is 11.9. The minimum atomic E-state index is -4.94. The number of halogens is 7. The third-order valence-electron chi connectivity index (χ3n) is 5.75. The molecule has 0 saturated heterocycles. The zero-order chi connectivity index (χ0) is 25.4. The molecule has 0 spiro atoms. The Labute approximate surface area is 211 Å². The molecule has 0 saturated carbocycles. The topological polar surface area (TPSA) is 24.1 Å². The zero-order valence-corrected chi connectivity index (χ0v) is 20.5. The van der Waals surface area contributed by atoms with Gasteiger partial charge in [0.05, 0.1) is 11.1 Å². The van der Waals surface area contributed by atoms with Gasteiger partial charge in [0.25, 0.3) is 0 Å².